The maximum atomic E-state index is 2.44. The van der Waals surface area contributed by atoms with Crippen LogP contribution < -0.4 is 0 Å². The third kappa shape index (κ3) is 0.425. The zero-order valence-corrected chi connectivity index (χ0v) is 4.65. The van der Waals surface area contributed by atoms with Gasteiger partial charge in [0.15, 0.2) is 0 Å². The monoisotopic (exact) mass is 94.1 g/mol. The minimum atomic E-state index is 1.03. The van der Waals surface area contributed by atoms with Crippen LogP contribution in [0.4, 0.5) is 0 Å². The summed E-state index contributed by atoms with van der Waals surface area (Å²) in [4.78, 5) is 0. The highest BCUT2D eigenvalue weighted by Gasteiger charge is 2.38. The van der Waals surface area contributed by atoms with Crippen molar-refractivity contribution in [3.63, 3.8) is 0 Å². The van der Waals surface area contributed by atoms with E-state index in [1.165, 1.54) is 12.8 Å². The van der Waals surface area contributed by atoms with Gasteiger partial charge in [-0.1, -0.05) is 11.6 Å². The molecule has 0 nitrogen and oxygen atoms in total. The molecule has 0 amide bonds. The predicted octanol–water partition coefficient (Wildman–Crippen LogP) is 1.97. The molecule has 0 saturated heterocycles. The zero-order chi connectivity index (χ0) is 4.85. The van der Waals surface area contributed by atoms with Gasteiger partial charge in [0.1, 0.15) is 0 Å². The van der Waals surface area contributed by atoms with Gasteiger partial charge in [0, 0.05) is 0 Å². The predicted molar refractivity (Wildman–Crippen MR) is 30.0 cm³/mol. The number of allylic oxidation sites excluding steroid dienone is 2. The standard InChI is InChI=1S/C7H10/c1-5-2-6-4-7(6)3-5/h2,6-7H,3-4H2,1H3/t6?,7-/m1/s1. The lowest BCUT2D eigenvalue weighted by Gasteiger charge is -1.86. The number of fused-ring (bicyclic) bond motifs is 1. The lowest BCUT2D eigenvalue weighted by atomic mass is 10.2. The highest BCUT2D eigenvalue weighted by atomic mass is 14.4. The minimum absolute atomic E-state index is 1.03. The summed E-state index contributed by atoms with van der Waals surface area (Å²) < 4.78 is 0. The molecule has 2 aliphatic carbocycles. The summed E-state index contributed by atoms with van der Waals surface area (Å²) in [6.07, 6.45) is 5.34. The maximum Gasteiger partial charge on any atom is -0.0196 e. The SMILES string of the molecule is CC1=CC2C[C@H]2C1. The van der Waals surface area contributed by atoms with E-state index in [0.717, 1.165) is 11.8 Å². The Labute approximate surface area is 44.2 Å². The van der Waals surface area contributed by atoms with Crippen molar-refractivity contribution in [3.8, 4) is 0 Å². The Morgan fingerprint density at radius 3 is 2.86 bits per heavy atom. The summed E-state index contributed by atoms with van der Waals surface area (Å²) in [6.45, 7) is 2.24. The van der Waals surface area contributed by atoms with Gasteiger partial charge in [0.25, 0.3) is 0 Å². The molecule has 1 unspecified atom stereocenters. The lowest BCUT2D eigenvalue weighted by Crippen LogP contribution is -1.69. The van der Waals surface area contributed by atoms with E-state index in [1.54, 1.807) is 5.57 Å². The molecular weight excluding hydrogens is 84.1 g/mol. The second-order valence-electron chi connectivity index (χ2n) is 2.88. The molecule has 1 fully saturated rings. The lowest BCUT2D eigenvalue weighted by molar-refractivity contribution is 0.829. The molecule has 0 radical (unpaired) electrons. The van der Waals surface area contributed by atoms with Gasteiger partial charge in [0.05, 0.1) is 0 Å². The normalized spacial score (nSPS) is 45.6. The molecule has 7 heavy (non-hydrogen) atoms. The Morgan fingerprint density at radius 1 is 1.71 bits per heavy atom. The second kappa shape index (κ2) is 0.936. The van der Waals surface area contributed by atoms with Gasteiger partial charge in [-0.05, 0) is 31.6 Å². The van der Waals surface area contributed by atoms with E-state index < -0.39 is 0 Å². The summed E-state index contributed by atoms with van der Waals surface area (Å²) in [6, 6.07) is 0. The first kappa shape index (κ1) is 3.71. The van der Waals surface area contributed by atoms with Gasteiger partial charge in [0.2, 0.25) is 0 Å². The van der Waals surface area contributed by atoms with Gasteiger partial charge in [-0.15, -0.1) is 0 Å². The fourth-order valence-corrected chi connectivity index (χ4v) is 1.56. The van der Waals surface area contributed by atoms with Crippen molar-refractivity contribution >= 4 is 0 Å². The molecule has 2 rings (SSSR count). The van der Waals surface area contributed by atoms with E-state index in [4.69, 9.17) is 0 Å². The van der Waals surface area contributed by atoms with E-state index in [2.05, 4.69) is 13.0 Å². The van der Waals surface area contributed by atoms with Crippen LogP contribution in [0.1, 0.15) is 19.8 Å². The van der Waals surface area contributed by atoms with Gasteiger partial charge in [-0.2, -0.15) is 0 Å². The molecule has 0 heterocycles. The molecule has 0 N–H and O–H groups in total. The topological polar surface area (TPSA) is 0 Å². The fourth-order valence-electron chi connectivity index (χ4n) is 1.56. The fraction of sp³-hybridized carbons (Fsp3) is 0.714. The average Bonchev–Trinajstić information content (AvgIpc) is 2.15. The Kier molecular flexibility index (Phi) is 0.495. The van der Waals surface area contributed by atoms with Crippen molar-refractivity contribution in [1.29, 1.82) is 0 Å². The van der Waals surface area contributed by atoms with Crippen molar-refractivity contribution in [2.75, 3.05) is 0 Å². The highest BCUT2D eigenvalue weighted by Crippen LogP contribution is 2.49. The van der Waals surface area contributed by atoms with Gasteiger partial charge < -0.3 is 0 Å². The summed E-state index contributed by atoms with van der Waals surface area (Å²) in [5.41, 5.74) is 1.63. The number of hydrogen-bond acceptors (Lipinski definition) is 0. The molecule has 0 spiro atoms. The first-order valence-corrected chi connectivity index (χ1v) is 3.03. The van der Waals surface area contributed by atoms with Crippen LogP contribution in [-0.2, 0) is 0 Å². The molecule has 38 valence electrons. The van der Waals surface area contributed by atoms with Crippen LogP contribution in [0.15, 0.2) is 11.6 Å². The van der Waals surface area contributed by atoms with Crippen LogP contribution in [0.2, 0.25) is 0 Å². The molecular formula is C7H10. The highest BCUT2D eigenvalue weighted by molar-refractivity contribution is 5.19. The summed E-state index contributed by atoms with van der Waals surface area (Å²) >= 11 is 0. The van der Waals surface area contributed by atoms with E-state index >= 15 is 0 Å². The van der Waals surface area contributed by atoms with Crippen molar-refractivity contribution in [3.05, 3.63) is 11.6 Å². The molecule has 2 aliphatic rings. The molecule has 0 bridgehead atoms. The van der Waals surface area contributed by atoms with Gasteiger partial charge >= 0.3 is 0 Å². The average molecular weight is 94.2 g/mol. The summed E-state index contributed by atoms with van der Waals surface area (Å²) in [5.74, 6) is 2.12. The Hall–Kier alpha value is -0.260. The van der Waals surface area contributed by atoms with E-state index in [0.29, 0.717) is 0 Å². The Balaban J connectivity index is 2.22. The first-order chi connectivity index (χ1) is 3.36. The third-order valence-corrected chi connectivity index (χ3v) is 2.06. The molecule has 0 heteroatoms. The molecule has 0 aromatic heterocycles. The van der Waals surface area contributed by atoms with Crippen molar-refractivity contribution in [2.45, 2.75) is 19.8 Å². The number of hydrogen-bond donors (Lipinski definition) is 0. The molecule has 0 aromatic rings. The quantitative estimate of drug-likeness (QED) is 0.402. The molecule has 2 atom stereocenters. The molecule has 0 aliphatic heterocycles. The van der Waals surface area contributed by atoms with Crippen molar-refractivity contribution in [1.82, 2.24) is 0 Å². The summed E-state index contributed by atoms with van der Waals surface area (Å²) in [7, 11) is 0. The van der Waals surface area contributed by atoms with Crippen LogP contribution >= 0.6 is 0 Å². The minimum Gasteiger partial charge on any atom is -0.0822 e. The summed E-state index contributed by atoms with van der Waals surface area (Å²) in [5, 5.41) is 0. The zero-order valence-electron chi connectivity index (χ0n) is 4.65. The van der Waals surface area contributed by atoms with E-state index in [1.807, 2.05) is 0 Å². The van der Waals surface area contributed by atoms with E-state index in [9.17, 15) is 0 Å². The van der Waals surface area contributed by atoms with Crippen LogP contribution in [0.5, 0.6) is 0 Å². The van der Waals surface area contributed by atoms with Crippen LogP contribution in [-0.4, -0.2) is 0 Å². The molecule has 1 saturated carbocycles. The van der Waals surface area contributed by atoms with Gasteiger partial charge in [-0.25, -0.2) is 0 Å². The Morgan fingerprint density at radius 2 is 2.57 bits per heavy atom. The second-order valence-corrected chi connectivity index (χ2v) is 2.88. The van der Waals surface area contributed by atoms with Crippen LogP contribution in [0.25, 0.3) is 0 Å². The third-order valence-electron chi connectivity index (χ3n) is 2.06. The maximum absolute atomic E-state index is 2.44. The van der Waals surface area contributed by atoms with Crippen LogP contribution in [0.3, 0.4) is 0 Å². The Bertz CT molecular complexity index is 122. The van der Waals surface area contributed by atoms with Crippen molar-refractivity contribution < 1.29 is 0 Å². The van der Waals surface area contributed by atoms with Gasteiger partial charge in [-0.3, -0.25) is 0 Å². The smallest absolute Gasteiger partial charge is 0.0196 e. The van der Waals surface area contributed by atoms with E-state index in [-0.39, 0.29) is 0 Å². The van der Waals surface area contributed by atoms with Crippen molar-refractivity contribution in [2.24, 2.45) is 11.8 Å². The van der Waals surface area contributed by atoms with Crippen LogP contribution in [0, 0.1) is 11.8 Å². The largest absolute Gasteiger partial charge is 0.0822 e. The number of rotatable bonds is 0. The molecule has 0 aromatic carbocycles. The first-order valence-electron chi connectivity index (χ1n) is 3.03.